The first-order valence-corrected chi connectivity index (χ1v) is 8.47. The molecular formula is C18H19F3N4O. The maximum absolute atomic E-state index is 13.7. The molecule has 8 heteroatoms. The van der Waals surface area contributed by atoms with Crippen LogP contribution in [0.3, 0.4) is 0 Å². The number of nitrogens with one attached hydrogen (secondary N) is 3. The van der Waals surface area contributed by atoms with Crippen LogP contribution in [-0.2, 0) is 0 Å². The second kappa shape index (κ2) is 8.07. The Hall–Kier alpha value is -2.77. The summed E-state index contributed by atoms with van der Waals surface area (Å²) in [7, 11) is 0. The minimum absolute atomic E-state index is 0.182. The highest BCUT2D eigenvalue weighted by Crippen LogP contribution is 2.23. The summed E-state index contributed by atoms with van der Waals surface area (Å²) < 4.78 is 39.8. The summed E-state index contributed by atoms with van der Waals surface area (Å²) in [6.07, 6.45) is 6.74. The van der Waals surface area contributed by atoms with E-state index in [4.69, 9.17) is 0 Å². The fraction of sp³-hybridized carbons (Fsp3) is 0.333. The highest BCUT2D eigenvalue weighted by Gasteiger charge is 2.16. The van der Waals surface area contributed by atoms with Crippen LogP contribution >= 0.6 is 0 Å². The summed E-state index contributed by atoms with van der Waals surface area (Å²) in [6, 6.07) is 4.86. The summed E-state index contributed by atoms with van der Waals surface area (Å²) in [4.78, 5) is 16.0. The smallest absolute Gasteiger partial charge is 0.320 e. The summed E-state index contributed by atoms with van der Waals surface area (Å²) in [5, 5.41) is 8.16. The lowest BCUT2D eigenvalue weighted by Crippen LogP contribution is -2.39. The average Bonchev–Trinajstić information content (AvgIpc) is 2.64. The maximum atomic E-state index is 13.7. The number of hydrogen-bond acceptors (Lipinski definition) is 3. The molecule has 3 N–H and O–H groups in total. The molecule has 1 aromatic carbocycles. The molecule has 0 spiro atoms. The van der Waals surface area contributed by atoms with Gasteiger partial charge in [0.2, 0.25) is 0 Å². The van der Waals surface area contributed by atoms with Gasteiger partial charge in [0.25, 0.3) is 0 Å². The zero-order valence-corrected chi connectivity index (χ0v) is 14.0. The molecule has 1 heterocycles. The van der Waals surface area contributed by atoms with Crippen molar-refractivity contribution in [3.05, 3.63) is 47.9 Å². The van der Waals surface area contributed by atoms with Crippen LogP contribution in [0.15, 0.2) is 30.5 Å². The van der Waals surface area contributed by atoms with Crippen molar-refractivity contribution in [1.29, 1.82) is 0 Å². The standard InChI is InChI=1S/C18H19F3N4O/c19-13-7-8-14(17(21)16(13)20)23-12-6-9-15(22-10-12)25-18(26)24-11-4-2-1-3-5-11/h6-11,23H,1-5H2,(H2,22,24,25,26). The Bertz CT molecular complexity index is 777. The first-order chi connectivity index (χ1) is 12.5. The van der Waals surface area contributed by atoms with Gasteiger partial charge in [-0.15, -0.1) is 0 Å². The molecular weight excluding hydrogens is 345 g/mol. The molecule has 1 aliphatic carbocycles. The molecule has 0 atom stereocenters. The van der Waals surface area contributed by atoms with Gasteiger partial charge in [-0.1, -0.05) is 19.3 Å². The number of hydrogen-bond donors (Lipinski definition) is 3. The molecule has 1 aliphatic rings. The van der Waals surface area contributed by atoms with Gasteiger partial charge in [-0.3, -0.25) is 5.32 Å². The summed E-state index contributed by atoms with van der Waals surface area (Å²) in [5.41, 5.74) is 0.162. The molecule has 0 unspecified atom stereocenters. The van der Waals surface area contributed by atoms with Gasteiger partial charge < -0.3 is 10.6 Å². The Morgan fingerprint density at radius 1 is 1.00 bits per heavy atom. The van der Waals surface area contributed by atoms with Crippen molar-refractivity contribution in [2.75, 3.05) is 10.6 Å². The number of rotatable bonds is 4. The Kier molecular flexibility index (Phi) is 5.60. The van der Waals surface area contributed by atoms with E-state index in [2.05, 4.69) is 20.9 Å². The number of urea groups is 1. The third-order valence-electron chi connectivity index (χ3n) is 4.26. The largest absolute Gasteiger partial charge is 0.352 e. The van der Waals surface area contributed by atoms with Crippen molar-refractivity contribution in [1.82, 2.24) is 10.3 Å². The number of benzene rings is 1. The Morgan fingerprint density at radius 3 is 2.46 bits per heavy atom. The van der Waals surface area contributed by atoms with E-state index in [1.807, 2.05) is 0 Å². The molecule has 0 radical (unpaired) electrons. The Balaban J connectivity index is 1.58. The fourth-order valence-electron chi connectivity index (χ4n) is 2.90. The van der Waals surface area contributed by atoms with Crippen molar-refractivity contribution in [2.45, 2.75) is 38.1 Å². The summed E-state index contributed by atoms with van der Waals surface area (Å²) >= 11 is 0. The predicted octanol–water partition coefficient (Wildman–Crippen LogP) is 4.70. The SMILES string of the molecule is O=C(Nc1ccc(Nc2ccc(F)c(F)c2F)cn1)NC1CCCCC1. The number of amides is 2. The van der Waals surface area contributed by atoms with E-state index < -0.39 is 17.5 Å². The Morgan fingerprint density at radius 2 is 1.77 bits per heavy atom. The molecule has 2 aromatic rings. The quantitative estimate of drug-likeness (QED) is 0.689. The van der Waals surface area contributed by atoms with Crippen LogP contribution in [0.4, 0.5) is 35.2 Å². The third kappa shape index (κ3) is 4.44. The van der Waals surface area contributed by atoms with Crippen molar-refractivity contribution in [2.24, 2.45) is 0 Å². The van der Waals surface area contributed by atoms with Crippen molar-refractivity contribution < 1.29 is 18.0 Å². The van der Waals surface area contributed by atoms with E-state index in [0.29, 0.717) is 11.5 Å². The highest BCUT2D eigenvalue weighted by molar-refractivity contribution is 5.88. The number of anilines is 3. The number of nitrogens with zero attached hydrogens (tertiary/aromatic N) is 1. The van der Waals surface area contributed by atoms with Gasteiger partial charge in [0.1, 0.15) is 5.82 Å². The maximum Gasteiger partial charge on any atom is 0.320 e. The summed E-state index contributed by atoms with van der Waals surface area (Å²) in [6.45, 7) is 0. The molecule has 3 rings (SSSR count). The molecule has 0 saturated heterocycles. The van der Waals surface area contributed by atoms with E-state index in [1.54, 1.807) is 6.07 Å². The van der Waals surface area contributed by atoms with Gasteiger partial charge in [0.05, 0.1) is 17.6 Å². The van der Waals surface area contributed by atoms with Gasteiger partial charge in [0, 0.05) is 6.04 Å². The normalized spacial score (nSPS) is 14.7. The van der Waals surface area contributed by atoms with E-state index in [9.17, 15) is 18.0 Å². The van der Waals surface area contributed by atoms with Crippen LogP contribution in [-0.4, -0.2) is 17.1 Å². The van der Waals surface area contributed by atoms with Crippen LogP contribution < -0.4 is 16.0 Å². The molecule has 1 saturated carbocycles. The number of aromatic nitrogens is 1. The lowest BCUT2D eigenvalue weighted by atomic mass is 9.96. The molecule has 26 heavy (non-hydrogen) atoms. The second-order valence-corrected chi connectivity index (χ2v) is 6.21. The van der Waals surface area contributed by atoms with Gasteiger partial charge >= 0.3 is 6.03 Å². The molecule has 2 amide bonds. The predicted molar refractivity (Wildman–Crippen MR) is 92.9 cm³/mol. The molecule has 5 nitrogen and oxygen atoms in total. The van der Waals surface area contributed by atoms with Crippen molar-refractivity contribution in [3.8, 4) is 0 Å². The first-order valence-electron chi connectivity index (χ1n) is 8.47. The van der Waals surface area contributed by atoms with E-state index >= 15 is 0 Å². The topological polar surface area (TPSA) is 66.0 Å². The first kappa shape index (κ1) is 18.0. The van der Waals surface area contributed by atoms with Crippen LogP contribution in [0.25, 0.3) is 0 Å². The van der Waals surface area contributed by atoms with E-state index in [1.165, 1.54) is 18.7 Å². The van der Waals surface area contributed by atoms with Crippen LogP contribution in [0.2, 0.25) is 0 Å². The van der Waals surface area contributed by atoms with Gasteiger partial charge in [-0.2, -0.15) is 0 Å². The second-order valence-electron chi connectivity index (χ2n) is 6.21. The third-order valence-corrected chi connectivity index (χ3v) is 4.26. The molecule has 0 aliphatic heterocycles. The fourth-order valence-corrected chi connectivity index (χ4v) is 2.90. The minimum atomic E-state index is -1.54. The zero-order chi connectivity index (χ0) is 18.5. The van der Waals surface area contributed by atoms with Crippen LogP contribution in [0.1, 0.15) is 32.1 Å². The number of halogens is 3. The van der Waals surface area contributed by atoms with Crippen molar-refractivity contribution in [3.63, 3.8) is 0 Å². The van der Waals surface area contributed by atoms with Gasteiger partial charge in [-0.05, 0) is 37.1 Å². The molecule has 1 aromatic heterocycles. The van der Waals surface area contributed by atoms with E-state index in [0.717, 1.165) is 37.8 Å². The zero-order valence-electron chi connectivity index (χ0n) is 14.0. The molecule has 0 bridgehead atoms. The summed E-state index contributed by atoms with van der Waals surface area (Å²) in [5.74, 6) is -3.77. The molecule has 138 valence electrons. The lowest BCUT2D eigenvalue weighted by Gasteiger charge is -2.22. The van der Waals surface area contributed by atoms with Gasteiger partial charge in [0.15, 0.2) is 17.5 Å². The number of carbonyl (C=O) groups is 1. The number of pyridine rings is 1. The highest BCUT2D eigenvalue weighted by atomic mass is 19.2. The average molecular weight is 364 g/mol. The van der Waals surface area contributed by atoms with Crippen LogP contribution in [0.5, 0.6) is 0 Å². The Labute approximate surface area is 149 Å². The minimum Gasteiger partial charge on any atom is -0.352 e. The van der Waals surface area contributed by atoms with Crippen molar-refractivity contribution >= 4 is 23.2 Å². The van der Waals surface area contributed by atoms with Gasteiger partial charge in [-0.25, -0.2) is 22.9 Å². The lowest BCUT2D eigenvalue weighted by molar-refractivity contribution is 0.244. The van der Waals surface area contributed by atoms with E-state index in [-0.39, 0.29) is 17.8 Å². The number of carbonyl (C=O) groups excluding carboxylic acids is 1. The van der Waals surface area contributed by atoms with Crippen LogP contribution in [0, 0.1) is 17.5 Å². The molecule has 1 fully saturated rings. The monoisotopic (exact) mass is 364 g/mol.